The summed E-state index contributed by atoms with van der Waals surface area (Å²) in [6, 6.07) is 14.1. The molecular formula is C17H20BrNO. The van der Waals surface area contributed by atoms with Crippen LogP contribution in [0.15, 0.2) is 46.9 Å². The molecule has 0 aliphatic rings. The van der Waals surface area contributed by atoms with Crippen LogP contribution in [0.4, 0.5) is 0 Å². The molecule has 0 radical (unpaired) electrons. The van der Waals surface area contributed by atoms with Crippen LogP contribution in [-0.4, -0.2) is 0 Å². The number of benzene rings is 2. The fourth-order valence-corrected chi connectivity index (χ4v) is 2.72. The lowest BCUT2D eigenvalue weighted by molar-refractivity contribution is 0.481. The monoisotopic (exact) mass is 333 g/mol. The Labute approximate surface area is 129 Å². The summed E-state index contributed by atoms with van der Waals surface area (Å²) in [7, 11) is 0. The second-order valence-electron chi connectivity index (χ2n) is 5.30. The predicted molar refractivity (Wildman–Crippen MR) is 87.3 cm³/mol. The Morgan fingerprint density at radius 2 is 1.55 bits per heavy atom. The fourth-order valence-electron chi connectivity index (χ4n) is 2.00. The number of halogens is 1. The van der Waals surface area contributed by atoms with Crippen molar-refractivity contribution in [3.8, 4) is 11.5 Å². The van der Waals surface area contributed by atoms with E-state index in [1.807, 2.05) is 37.3 Å². The Hall–Kier alpha value is -1.32. The van der Waals surface area contributed by atoms with Crippen molar-refractivity contribution in [2.45, 2.75) is 32.7 Å². The second kappa shape index (κ2) is 6.42. The van der Waals surface area contributed by atoms with Gasteiger partial charge in [-0.2, -0.15) is 0 Å². The molecule has 0 unspecified atom stereocenters. The van der Waals surface area contributed by atoms with Crippen LogP contribution in [0.2, 0.25) is 0 Å². The molecule has 2 aromatic carbocycles. The topological polar surface area (TPSA) is 35.2 Å². The first kappa shape index (κ1) is 15.1. The smallest absolute Gasteiger partial charge is 0.128 e. The summed E-state index contributed by atoms with van der Waals surface area (Å²) >= 11 is 3.53. The van der Waals surface area contributed by atoms with Gasteiger partial charge in [0, 0.05) is 10.5 Å². The Kier molecular flexibility index (Phi) is 4.84. The minimum absolute atomic E-state index is 0.00347. The van der Waals surface area contributed by atoms with Crippen molar-refractivity contribution in [3.63, 3.8) is 0 Å². The molecule has 0 saturated heterocycles. The van der Waals surface area contributed by atoms with Gasteiger partial charge in [0.15, 0.2) is 0 Å². The van der Waals surface area contributed by atoms with E-state index in [4.69, 9.17) is 10.5 Å². The molecule has 3 heteroatoms. The first-order chi connectivity index (χ1) is 9.47. The highest BCUT2D eigenvalue weighted by Crippen LogP contribution is 2.30. The third-order valence-electron chi connectivity index (χ3n) is 3.24. The minimum Gasteiger partial charge on any atom is -0.457 e. The van der Waals surface area contributed by atoms with Crippen LogP contribution in [0.25, 0.3) is 0 Å². The molecule has 0 heterocycles. The zero-order chi connectivity index (χ0) is 14.7. The molecule has 0 aromatic heterocycles. The maximum atomic E-state index is 5.89. The van der Waals surface area contributed by atoms with Crippen LogP contribution in [0.3, 0.4) is 0 Å². The molecule has 106 valence electrons. The molecule has 0 saturated carbocycles. The normalized spacial score (nSPS) is 12.5. The van der Waals surface area contributed by atoms with Crippen molar-refractivity contribution in [1.29, 1.82) is 0 Å². The maximum Gasteiger partial charge on any atom is 0.128 e. The number of hydrogen-bond donors (Lipinski definition) is 1. The van der Waals surface area contributed by atoms with Crippen molar-refractivity contribution in [2.75, 3.05) is 0 Å². The molecule has 20 heavy (non-hydrogen) atoms. The highest BCUT2D eigenvalue weighted by Gasteiger charge is 2.07. The first-order valence-electron chi connectivity index (χ1n) is 6.80. The van der Waals surface area contributed by atoms with Crippen LogP contribution in [-0.2, 0) is 0 Å². The van der Waals surface area contributed by atoms with Crippen molar-refractivity contribution in [3.05, 3.63) is 58.1 Å². The highest BCUT2D eigenvalue weighted by molar-refractivity contribution is 9.10. The van der Waals surface area contributed by atoms with Crippen LogP contribution < -0.4 is 10.5 Å². The van der Waals surface area contributed by atoms with E-state index in [0.717, 1.165) is 21.5 Å². The van der Waals surface area contributed by atoms with E-state index < -0.39 is 0 Å². The van der Waals surface area contributed by atoms with Gasteiger partial charge in [-0.15, -0.1) is 0 Å². The molecule has 0 bridgehead atoms. The molecule has 2 N–H and O–H groups in total. The zero-order valence-electron chi connectivity index (χ0n) is 12.1. The van der Waals surface area contributed by atoms with E-state index in [9.17, 15) is 0 Å². The van der Waals surface area contributed by atoms with E-state index in [0.29, 0.717) is 5.92 Å². The zero-order valence-corrected chi connectivity index (χ0v) is 13.6. The third-order valence-corrected chi connectivity index (χ3v) is 3.93. The lowest BCUT2D eigenvalue weighted by Crippen LogP contribution is -2.05. The van der Waals surface area contributed by atoms with E-state index in [1.165, 1.54) is 5.56 Å². The summed E-state index contributed by atoms with van der Waals surface area (Å²) in [4.78, 5) is 0. The van der Waals surface area contributed by atoms with Gasteiger partial charge < -0.3 is 10.5 Å². The Bertz CT molecular complexity index is 576. The van der Waals surface area contributed by atoms with E-state index >= 15 is 0 Å². The Balaban J connectivity index is 2.15. The van der Waals surface area contributed by atoms with E-state index in [-0.39, 0.29) is 6.04 Å². The maximum absolute atomic E-state index is 5.89. The van der Waals surface area contributed by atoms with Crippen LogP contribution in [0, 0.1) is 0 Å². The largest absolute Gasteiger partial charge is 0.457 e. The second-order valence-corrected chi connectivity index (χ2v) is 6.15. The van der Waals surface area contributed by atoms with E-state index in [2.05, 4.69) is 41.9 Å². The molecule has 0 amide bonds. The third kappa shape index (κ3) is 3.62. The molecular weight excluding hydrogens is 314 g/mol. The van der Waals surface area contributed by atoms with E-state index in [1.54, 1.807) is 0 Å². The SMILES string of the molecule is CC(C)c1ccc(Oc2ccc([C@H](C)N)c(Br)c2)cc1. The average Bonchev–Trinajstić information content (AvgIpc) is 2.39. The van der Waals surface area contributed by atoms with Crippen molar-refractivity contribution < 1.29 is 4.74 Å². The summed E-state index contributed by atoms with van der Waals surface area (Å²) in [5.41, 5.74) is 8.28. The van der Waals surface area contributed by atoms with Gasteiger partial charge in [0.1, 0.15) is 11.5 Å². The quantitative estimate of drug-likeness (QED) is 0.814. The molecule has 2 rings (SSSR count). The first-order valence-corrected chi connectivity index (χ1v) is 7.59. The Morgan fingerprint density at radius 1 is 0.950 bits per heavy atom. The molecule has 0 spiro atoms. The van der Waals surface area contributed by atoms with Gasteiger partial charge in [0.05, 0.1) is 0 Å². The van der Waals surface area contributed by atoms with Gasteiger partial charge in [-0.25, -0.2) is 0 Å². The van der Waals surface area contributed by atoms with Gasteiger partial charge >= 0.3 is 0 Å². The summed E-state index contributed by atoms with van der Waals surface area (Å²) in [6.45, 7) is 6.32. The summed E-state index contributed by atoms with van der Waals surface area (Å²) in [5, 5.41) is 0. The summed E-state index contributed by atoms with van der Waals surface area (Å²) < 4.78 is 6.83. The highest BCUT2D eigenvalue weighted by atomic mass is 79.9. The molecule has 0 fully saturated rings. The predicted octanol–water partition coefficient (Wildman–Crippen LogP) is 5.38. The average molecular weight is 334 g/mol. The molecule has 2 nitrogen and oxygen atoms in total. The number of nitrogens with two attached hydrogens (primary N) is 1. The lowest BCUT2D eigenvalue weighted by Gasteiger charge is -2.12. The fraction of sp³-hybridized carbons (Fsp3) is 0.294. The van der Waals surface area contributed by atoms with Crippen molar-refractivity contribution in [2.24, 2.45) is 5.73 Å². The van der Waals surface area contributed by atoms with Gasteiger partial charge in [0.2, 0.25) is 0 Å². The van der Waals surface area contributed by atoms with Gasteiger partial charge in [-0.1, -0.05) is 48.0 Å². The summed E-state index contributed by atoms with van der Waals surface area (Å²) in [6.07, 6.45) is 0. The van der Waals surface area contributed by atoms with Gasteiger partial charge in [-0.05, 0) is 48.2 Å². The van der Waals surface area contributed by atoms with Crippen LogP contribution in [0.5, 0.6) is 11.5 Å². The number of hydrogen-bond acceptors (Lipinski definition) is 2. The van der Waals surface area contributed by atoms with Gasteiger partial charge in [-0.3, -0.25) is 0 Å². The van der Waals surface area contributed by atoms with Crippen LogP contribution >= 0.6 is 15.9 Å². The van der Waals surface area contributed by atoms with Crippen LogP contribution in [0.1, 0.15) is 43.9 Å². The standard InChI is InChI=1S/C17H20BrNO/c1-11(2)13-4-6-14(7-5-13)20-15-8-9-16(12(3)19)17(18)10-15/h4-12H,19H2,1-3H3/t12-/m0/s1. The Morgan fingerprint density at radius 3 is 2.05 bits per heavy atom. The molecule has 0 aliphatic carbocycles. The summed E-state index contributed by atoms with van der Waals surface area (Å²) in [5.74, 6) is 2.18. The molecule has 1 atom stereocenters. The lowest BCUT2D eigenvalue weighted by atomic mass is 10.0. The molecule has 0 aliphatic heterocycles. The number of rotatable bonds is 4. The van der Waals surface area contributed by atoms with Crippen molar-refractivity contribution in [1.82, 2.24) is 0 Å². The van der Waals surface area contributed by atoms with Crippen molar-refractivity contribution >= 4 is 15.9 Å². The van der Waals surface area contributed by atoms with Gasteiger partial charge in [0.25, 0.3) is 0 Å². The molecule has 2 aromatic rings. The number of ether oxygens (including phenoxy) is 1. The minimum atomic E-state index is 0.00347.